The highest BCUT2D eigenvalue weighted by Crippen LogP contribution is 2.31. The average molecular weight is 268 g/mol. The van der Waals surface area contributed by atoms with E-state index in [0.29, 0.717) is 11.5 Å². The molecule has 0 spiro atoms. The van der Waals surface area contributed by atoms with E-state index in [1.807, 2.05) is 0 Å². The van der Waals surface area contributed by atoms with Crippen LogP contribution in [-0.4, -0.2) is 49.8 Å². The number of nitrogens with one attached hydrogen (secondary N) is 1. The van der Waals surface area contributed by atoms with Crippen LogP contribution in [0, 0.1) is 5.41 Å². The van der Waals surface area contributed by atoms with Crippen LogP contribution in [0.3, 0.4) is 0 Å². The minimum Gasteiger partial charge on any atom is -0.381 e. The number of hydrogen-bond acceptors (Lipinski definition) is 3. The van der Waals surface area contributed by atoms with Gasteiger partial charge in [0.05, 0.1) is 6.61 Å². The van der Waals surface area contributed by atoms with Crippen LogP contribution in [0.25, 0.3) is 0 Å². The molecule has 2 rings (SSSR count). The van der Waals surface area contributed by atoms with Crippen molar-refractivity contribution in [3.8, 4) is 0 Å². The van der Waals surface area contributed by atoms with Gasteiger partial charge in [0.15, 0.2) is 0 Å². The minimum absolute atomic E-state index is 0.348. The van der Waals surface area contributed by atoms with Gasteiger partial charge in [0, 0.05) is 37.2 Å². The Morgan fingerprint density at radius 2 is 2.16 bits per heavy atom. The predicted octanol–water partition coefficient (Wildman–Crippen LogP) is 2.66. The highest BCUT2D eigenvalue weighted by Gasteiger charge is 2.36. The number of ether oxygens (including phenoxy) is 1. The summed E-state index contributed by atoms with van der Waals surface area (Å²) in [4.78, 5) is 2.64. The van der Waals surface area contributed by atoms with E-state index in [4.69, 9.17) is 4.74 Å². The second-order valence-electron chi connectivity index (χ2n) is 6.63. The van der Waals surface area contributed by atoms with E-state index < -0.39 is 0 Å². The Morgan fingerprint density at radius 3 is 2.68 bits per heavy atom. The summed E-state index contributed by atoms with van der Waals surface area (Å²) in [7, 11) is 0. The topological polar surface area (TPSA) is 24.5 Å². The number of rotatable bonds is 8. The molecule has 1 saturated heterocycles. The molecule has 0 aromatic carbocycles. The molecule has 112 valence electrons. The third kappa shape index (κ3) is 4.44. The van der Waals surface area contributed by atoms with Crippen LogP contribution < -0.4 is 5.32 Å². The first-order valence-electron chi connectivity index (χ1n) is 8.24. The fourth-order valence-corrected chi connectivity index (χ4v) is 3.15. The van der Waals surface area contributed by atoms with Crippen LogP contribution in [0.15, 0.2) is 0 Å². The first-order valence-corrected chi connectivity index (χ1v) is 8.24. The first-order chi connectivity index (χ1) is 9.19. The Balaban J connectivity index is 1.94. The van der Waals surface area contributed by atoms with Gasteiger partial charge in [0.1, 0.15) is 0 Å². The van der Waals surface area contributed by atoms with Crippen molar-refractivity contribution in [2.45, 2.75) is 65.0 Å². The Hall–Kier alpha value is -0.120. The summed E-state index contributed by atoms with van der Waals surface area (Å²) in [6.45, 7) is 12.3. The Morgan fingerprint density at radius 1 is 1.37 bits per heavy atom. The minimum atomic E-state index is 0.348. The average Bonchev–Trinajstić information content (AvgIpc) is 3.27. The SMILES string of the molecule is CCC(C)N(CC)CC1(CNC2CC2)CCCOC1. The zero-order chi connectivity index (χ0) is 13.7. The van der Waals surface area contributed by atoms with E-state index in [9.17, 15) is 0 Å². The van der Waals surface area contributed by atoms with Crippen molar-refractivity contribution in [2.75, 3.05) is 32.8 Å². The largest absolute Gasteiger partial charge is 0.381 e. The highest BCUT2D eigenvalue weighted by atomic mass is 16.5. The van der Waals surface area contributed by atoms with Gasteiger partial charge in [0.2, 0.25) is 0 Å². The van der Waals surface area contributed by atoms with Crippen molar-refractivity contribution in [1.29, 1.82) is 0 Å². The van der Waals surface area contributed by atoms with Crippen molar-refractivity contribution < 1.29 is 4.74 Å². The van der Waals surface area contributed by atoms with Crippen LogP contribution in [0.1, 0.15) is 52.9 Å². The highest BCUT2D eigenvalue weighted by molar-refractivity contribution is 4.91. The standard InChI is InChI=1S/C16H32N2O/c1-4-14(3)18(5-2)12-16(9-6-10-19-13-16)11-17-15-7-8-15/h14-15,17H,4-13H2,1-3H3. The fourth-order valence-electron chi connectivity index (χ4n) is 3.15. The molecule has 1 heterocycles. The smallest absolute Gasteiger partial charge is 0.0546 e. The lowest BCUT2D eigenvalue weighted by atomic mass is 9.81. The van der Waals surface area contributed by atoms with Crippen molar-refractivity contribution in [3.63, 3.8) is 0 Å². The molecule has 1 N–H and O–H groups in total. The van der Waals surface area contributed by atoms with Crippen molar-refractivity contribution in [2.24, 2.45) is 5.41 Å². The van der Waals surface area contributed by atoms with Gasteiger partial charge >= 0.3 is 0 Å². The molecule has 2 fully saturated rings. The molecule has 2 unspecified atom stereocenters. The second kappa shape index (κ2) is 7.05. The number of hydrogen-bond donors (Lipinski definition) is 1. The molecule has 1 aliphatic heterocycles. The van der Waals surface area contributed by atoms with Gasteiger partial charge in [-0.15, -0.1) is 0 Å². The molecule has 19 heavy (non-hydrogen) atoms. The lowest BCUT2D eigenvalue weighted by molar-refractivity contribution is -0.0314. The molecule has 0 aromatic rings. The lowest BCUT2D eigenvalue weighted by Gasteiger charge is -2.42. The summed E-state index contributed by atoms with van der Waals surface area (Å²) in [5, 5.41) is 3.75. The molecule has 3 heteroatoms. The van der Waals surface area contributed by atoms with E-state index in [1.165, 1.54) is 38.6 Å². The number of nitrogens with zero attached hydrogens (tertiary/aromatic N) is 1. The van der Waals surface area contributed by atoms with Crippen molar-refractivity contribution >= 4 is 0 Å². The fraction of sp³-hybridized carbons (Fsp3) is 1.00. The quantitative estimate of drug-likeness (QED) is 0.732. The summed E-state index contributed by atoms with van der Waals surface area (Å²) in [5.41, 5.74) is 0.348. The Bertz CT molecular complexity index is 259. The van der Waals surface area contributed by atoms with Gasteiger partial charge in [-0.2, -0.15) is 0 Å². The molecule has 1 aliphatic carbocycles. The molecule has 2 atom stereocenters. The second-order valence-corrected chi connectivity index (χ2v) is 6.63. The molecular formula is C16H32N2O. The molecule has 0 bridgehead atoms. The summed E-state index contributed by atoms with van der Waals surface area (Å²) in [5.74, 6) is 0. The van der Waals surface area contributed by atoms with Gasteiger partial charge < -0.3 is 15.0 Å². The van der Waals surface area contributed by atoms with Crippen LogP contribution in [0.4, 0.5) is 0 Å². The third-order valence-corrected chi connectivity index (χ3v) is 4.91. The van der Waals surface area contributed by atoms with Gasteiger partial charge in [-0.05, 0) is 45.6 Å². The van der Waals surface area contributed by atoms with E-state index in [-0.39, 0.29) is 0 Å². The van der Waals surface area contributed by atoms with Crippen LogP contribution in [-0.2, 0) is 4.74 Å². The van der Waals surface area contributed by atoms with Crippen LogP contribution in [0.2, 0.25) is 0 Å². The maximum atomic E-state index is 5.83. The Labute approximate surface area is 119 Å². The summed E-state index contributed by atoms with van der Waals surface area (Å²) >= 11 is 0. The van der Waals surface area contributed by atoms with Gasteiger partial charge in [-0.3, -0.25) is 0 Å². The molecule has 3 nitrogen and oxygen atoms in total. The Kier molecular flexibility index (Phi) is 5.67. The van der Waals surface area contributed by atoms with Crippen LogP contribution >= 0.6 is 0 Å². The van der Waals surface area contributed by atoms with Gasteiger partial charge in [-0.25, -0.2) is 0 Å². The van der Waals surface area contributed by atoms with E-state index in [1.54, 1.807) is 0 Å². The van der Waals surface area contributed by atoms with E-state index in [2.05, 4.69) is 31.0 Å². The van der Waals surface area contributed by atoms with E-state index in [0.717, 1.165) is 32.3 Å². The first kappa shape index (κ1) is 15.3. The zero-order valence-electron chi connectivity index (χ0n) is 13.1. The van der Waals surface area contributed by atoms with Gasteiger partial charge in [-0.1, -0.05) is 13.8 Å². The molecule has 0 amide bonds. The summed E-state index contributed by atoms with van der Waals surface area (Å²) < 4.78 is 5.83. The molecule has 2 aliphatic rings. The molecule has 0 aromatic heterocycles. The lowest BCUT2D eigenvalue weighted by Crippen LogP contribution is -2.51. The monoisotopic (exact) mass is 268 g/mol. The predicted molar refractivity (Wildman–Crippen MR) is 80.5 cm³/mol. The van der Waals surface area contributed by atoms with Crippen molar-refractivity contribution in [3.05, 3.63) is 0 Å². The summed E-state index contributed by atoms with van der Waals surface area (Å²) in [6.07, 6.45) is 6.53. The van der Waals surface area contributed by atoms with E-state index >= 15 is 0 Å². The summed E-state index contributed by atoms with van der Waals surface area (Å²) in [6, 6.07) is 1.49. The maximum absolute atomic E-state index is 5.83. The molecule has 0 radical (unpaired) electrons. The van der Waals surface area contributed by atoms with Crippen molar-refractivity contribution in [1.82, 2.24) is 10.2 Å². The van der Waals surface area contributed by atoms with Crippen LogP contribution in [0.5, 0.6) is 0 Å². The van der Waals surface area contributed by atoms with Gasteiger partial charge in [0.25, 0.3) is 0 Å². The normalized spacial score (nSPS) is 29.7. The molecular weight excluding hydrogens is 236 g/mol. The maximum Gasteiger partial charge on any atom is 0.0546 e. The zero-order valence-corrected chi connectivity index (χ0v) is 13.1. The third-order valence-electron chi connectivity index (χ3n) is 4.91. The molecule has 1 saturated carbocycles.